The topological polar surface area (TPSA) is 32.3 Å². The predicted octanol–water partition coefficient (Wildman–Crippen LogP) is 3.40. The molecular formula is C18H30N2O. The Morgan fingerprint density at radius 3 is 2.14 bits per heavy atom. The predicted molar refractivity (Wildman–Crippen MR) is 89.3 cm³/mol. The summed E-state index contributed by atoms with van der Waals surface area (Å²) in [5.41, 5.74) is 2.57. The highest BCUT2D eigenvalue weighted by Crippen LogP contribution is 2.17. The Morgan fingerprint density at radius 1 is 1.14 bits per heavy atom. The summed E-state index contributed by atoms with van der Waals surface area (Å²) in [6.07, 6.45) is 1.91. The largest absolute Gasteiger partial charge is 0.347 e. The number of hydrogen-bond donors (Lipinski definition) is 1. The minimum Gasteiger partial charge on any atom is -0.347 e. The number of carbonyl (C=O) groups excluding carboxylic acids is 1. The second-order valence-electron chi connectivity index (χ2n) is 6.40. The van der Waals surface area contributed by atoms with Gasteiger partial charge in [0.25, 0.3) is 0 Å². The molecule has 0 bridgehead atoms. The maximum absolute atomic E-state index is 12.3. The van der Waals surface area contributed by atoms with Gasteiger partial charge in [0.05, 0.1) is 6.04 Å². The normalized spacial score (nSPS) is 14.0. The second kappa shape index (κ2) is 8.18. The van der Waals surface area contributed by atoms with E-state index in [1.807, 2.05) is 14.1 Å². The molecule has 118 valence electrons. The lowest BCUT2D eigenvalue weighted by Gasteiger charge is -2.26. The number of likely N-dealkylation sites (N-methyl/N-ethyl adjacent to an activating group) is 1. The number of benzene rings is 1. The molecule has 1 aromatic rings. The van der Waals surface area contributed by atoms with Crippen LogP contribution in [0.3, 0.4) is 0 Å². The number of rotatable bonds is 7. The minimum atomic E-state index is -0.124. The highest BCUT2D eigenvalue weighted by molar-refractivity contribution is 5.81. The zero-order valence-corrected chi connectivity index (χ0v) is 14.3. The third kappa shape index (κ3) is 5.50. The van der Waals surface area contributed by atoms with Crippen LogP contribution in [0.2, 0.25) is 0 Å². The summed E-state index contributed by atoms with van der Waals surface area (Å²) in [4.78, 5) is 14.0. The van der Waals surface area contributed by atoms with Crippen molar-refractivity contribution < 1.29 is 4.79 Å². The van der Waals surface area contributed by atoms with E-state index in [1.54, 1.807) is 4.90 Å². The number of nitrogens with one attached hydrogen (secondary N) is 1. The number of aryl methyl sites for hydroxylation is 1. The fourth-order valence-electron chi connectivity index (χ4n) is 2.46. The van der Waals surface area contributed by atoms with Gasteiger partial charge in [-0.3, -0.25) is 10.1 Å². The van der Waals surface area contributed by atoms with Crippen LogP contribution in [0, 0.1) is 5.92 Å². The quantitative estimate of drug-likeness (QED) is 0.834. The Labute approximate surface area is 129 Å². The van der Waals surface area contributed by atoms with Crippen LogP contribution < -0.4 is 5.32 Å². The molecular weight excluding hydrogens is 260 g/mol. The van der Waals surface area contributed by atoms with Crippen LogP contribution in [0.5, 0.6) is 0 Å². The van der Waals surface area contributed by atoms with Crippen LogP contribution in [0.25, 0.3) is 0 Å². The highest BCUT2D eigenvalue weighted by atomic mass is 16.2. The molecule has 21 heavy (non-hydrogen) atoms. The Morgan fingerprint density at radius 2 is 1.71 bits per heavy atom. The molecule has 3 heteroatoms. The van der Waals surface area contributed by atoms with Crippen molar-refractivity contribution in [3.8, 4) is 0 Å². The van der Waals surface area contributed by atoms with Gasteiger partial charge >= 0.3 is 0 Å². The first kappa shape index (κ1) is 17.7. The zero-order valence-electron chi connectivity index (χ0n) is 14.3. The van der Waals surface area contributed by atoms with Crippen LogP contribution in [0.4, 0.5) is 0 Å². The fraction of sp³-hybridized carbons (Fsp3) is 0.611. The summed E-state index contributed by atoms with van der Waals surface area (Å²) in [6, 6.07) is 8.69. The minimum absolute atomic E-state index is 0.124. The van der Waals surface area contributed by atoms with Crippen molar-refractivity contribution in [3.05, 3.63) is 35.4 Å². The van der Waals surface area contributed by atoms with Crippen molar-refractivity contribution in [2.45, 2.75) is 52.6 Å². The van der Waals surface area contributed by atoms with Gasteiger partial charge < -0.3 is 4.90 Å². The second-order valence-corrected chi connectivity index (χ2v) is 6.40. The van der Waals surface area contributed by atoms with Gasteiger partial charge in [0.1, 0.15) is 0 Å². The maximum atomic E-state index is 12.3. The van der Waals surface area contributed by atoms with Crippen LogP contribution in [-0.2, 0) is 11.2 Å². The Balaban J connectivity index is 2.78. The van der Waals surface area contributed by atoms with Crippen molar-refractivity contribution in [2.75, 3.05) is 14.1 Å². The maximum Gasteiger partial charge on any atom is 0.239 e. The lowest BCUT2D eigenvalue weighted by Crippen LogP contribution is -2.45. The van der Waals surface area contributed by atoms with Crippen LogP contribution >= 0.6 is 0 Å². The molecule has 1 aromatic carbocycles. The van der Waals surface area contributed by atoms with Crippen molar-refractivity contribution in [1.29, 1.82) is 0 Å². The molecule has 0 saturated carbocycles. The summed E-state index contributed by atoms with van der Waals surface area (Å²) < 4.78 is 0. The molecule has 0 spiro atoms. The van der Waals surface area contributed by atoms with Crippen molar-refractivity contribution in [1.82, 2.24) is 10.2 Å². The first-order chi connectivity index (χ1) is 9.85. The molecule has 1 N–H and O–H groups in total. The van der Waals surface area contributed by atoms with Gasteiger partial charge in [-0.25, -0.2) is 0 Å². The number of carbonyl (C=O) groups is 1. The van der Waals surface area contributed by atoms with E-state index in [-0.39, 0.29) is 18.0 Å². The summed E-state index contributed by atoms with van der Waals surface area (Å²) in [6.45, 7) is 8.58. The third-order valence-corrected chi connectivity index (χ3v) is 3.79. The van der Waals surface area contributed by atoms with Crippen LogP contribution in [-0.4, -0.2) is 30.9 Å². The van der Waals surface area contributed by atoms with E-state index in [1.165, 1.54) is 11.1 Å². The average Bonchev–Trinajstić information content (AvgIpc) is 2.45. The molecule has 0 fully saturated rings. The monoisotopic (exact) mass is 290 g/mol. The van der Waals surface area contributed by atoms with Crippen molar-refractivity contribution in [2.24, 2.45) is 5.92 Å². The van der Waals surface area contributed by atoms with Gasteiger partial charge in [0, 0.05) is 20.1 Å². The Bertz CT molecular complexity index is 437. The van der Waals surface area contributed by atoms with Gasteiger partial charge in [-0.15, -0.1) is 0 Å². The first-order valence-corrected chi connectivity index (χ1v) is 7.91. The van der Waals surface area contributed by atoms with Gasteiger partial charge in [-0.1, -0.05) is 45.0 Å². The molecule has 2 atom stereocenters. The van der Waals surface area contributed by atoms with E-state index in [0.29, 0.717) is 5.92 Å². The molecule has 2 unspecified atom stereocenters. The fourth-order valence-corrected chi connectivity index (χ4v) is 2.46. The molecule has 0 aliphatic carbocycles. The standard InChI is InChI=1S/C18H30N2O/c1-7-15-8-10-16(11-9-15)14(4)19-17(12-13(2)3)18(21)20(5)6/h8-11,13-14,17,19H,7,12H2,1-6H3. The molecule has 0 aliphatic heterocycles. The van der Waals surface area contributed by atoms with Crippen molar-refractivity contribution in [3.63, 3.8) is 0 Å². The molecule has 0 saturated heterocycles. The zero-order chi connectivity index (χ0) is 16.0. The van der Waals surface area contributed by atoms with E-state index in [0.717, 1.165) is 12.8 Å². The summed E-state index contributed by atoms with van der Waals surface area (Å²) >= 11 is 0. The SMILES string of the molecule is CCc1ccc(C(C)NC(CC(C)C)C(=O)N(C)C)cc1. The number of hydrogen-bond acceptors (Lipinski definition) is 2. The molecule has 1 rings (SSSR count). The molecule has 0 radical (unpaired) electrons. The van der Waals surface area contributed by atoms with Gasteiger partial charge in [0.2, 0.25) is 5.91 Å². The van der Waals surface area contributed by atoms with E-state index < -0.39 is 0 Å². The summed E-state index contributed by atoms with van der Waals surface area (Å²) in [7, 11) is 3.64. The molecule has 0 aliphatic rings. The van der Waals surface area contributed by atoms with E-state index >= 15 is 0 Å². The summed E-state index contributed by atoms with van der Waals surface area (Å²) in [5.74, 6) is 0.641. The van der Waals surface area contributed by atoms with Crippen molar-refractivity contribution >= 4 is 5.91 Å². The first-order valence-electron chi connectivity index (χ1n) is 7.91. The molecule has 0 heterocycles. The molecule has 0 aromatic heterocycles. The van der Waals surface area contributed by atoms with E-state index in [9.17, 15) is 4.79 Å². The lowest BCUT2D eigenvalue weighted by molar-refractivity contribution is -0.131. The van der Waals surface area contributed by atoms with Gasteiger partial charge in [-0.2, -0.15) is 0 Å². The smallest absolute Gasteiger partial charge is 0.239 e. The Hall–Kier alpha value is -1.35. The number of amides is 1. The van der Waals surface area contributed by atoms with E-state index in [2.05, 4.69) is 57.3 Å². The molecule has 1 amide bonds. The summed E-state index contributed by atoms with van der Waals surface area (Å²) in [5, 5.41) is 3.49. The van der Waals surface area contributed by atoms with E-state index in [4.69, 9.17) is 0 Å². The van der Waals surface area contributed by atoms with Gasteiger partial charge in [-0.05, 0) is 36.8 Å². The number of nitrogens with zero attached hydrogens (tertiary/aromatic N) is 1. The highest BCUT2D eigenvalue weighted by Gasteiger charge is 2.23. The average molecular weight is 290 g/mol. The Kier molecular flexibility index (Phi) is 6.90. The van der Waals surface area contributed by atoms with Gasteiger partial charge in [0.15, 0.2) is 0 Å². The lowest BCUT2D eigenvalue weighted by atomic mass is 9.99. The molecule has 3 nitrogen and oxygen atoms in total. The third-order valence-electron chi connectivity index (χ3n) is 3.79. The van der Waals surface area contributed by atoms with Crippen LogP contribution in [0.15, 0.2) is 24.3 Å². The van der Waals surface area contributed by atoms with Crippen LogP contribution in [0.1, 0.15) is 51.3 Å².